The Labute approximate surface area is 110 Å². The molecule has 0 bridgehead atoms. The molecule has 1 heterocycles. The summed E-state index contributed by atoms with van der Waals surface area (Å²) in [5.41, 5.74) is 6.74. The summed E-state index contributed by atoms with van der Waals surface area (Å²) in [5.74, 6) is 0.936. The minimum Gasteiger partial charge on any atom is -0.405 e. The quantitative estimate of drug-likeness (QED) is 0.657. The van der Waals surface area contributed by atoms with Crippen LogP contribution in [0.15, 0.2) is 23.9 Å². The van der Waals surface area contributed by atoms with E-state index in [1.807, 2.05) is 13.1 Å². The van der Waals surface area contributed by atoms with Crippen molar-refractivity contribution in [1.82, 2.24) is 10.6 Å². The summed E-state index contributed by atoms with van der Waals surface area (Å²) in [7, 11) is 1.83. The second-order valence-electron chi connectivity index (χ2n) is 5.13. The van der Waals surface area contributed by atoms with Crippen LogP contribution in [0.4, 0.5) is 0 Å². The van der Waals surface area contributed by atoms with Gasteiger partial charge >= 0.3 is 0 Å². The molecular weight excluding hydrogens is 226 g/mol. The van der Waals surface area contributed by atoms with Crippen molar-refractivity contribution in [2.45, 2.75) is 32.7 Å². The Kier molecular flexibility index (Phi) is 5.92. The van der Waals surface area contributed by atoms with Crippen LogP contribution in [0.25, 0.3) is 0 Å². The van der Waals surface area contributed by atoms with E-state index < -0.39 is 0 Å². The summed E-state index contributed by atoms with van der Waals surface area (Å²) in [4.78, 5) is 11.8. The zero-order valence-corrected chi connectivity index (χ0v) is 11.6. The fourth-order valence-corrected chi connectivity index (χ4v) is 2.33. The van der Waals surface area contributed by atoms with E-state index in [1.165, 1.54) is 5.57 Å². The number of carbonyl (C=O) groups excluding carboxylic acids is 1. The molecule has 0 radical (unpaired) electrons. The summed E-state index contributed by atoms with van der Waals surface area (Å²) >= 11 is 0. The average Bonchev–Trinajstić information content (AvgIpc) is 2.50. The first kappa shape index (κ1) is 14.8. The topological polar surface area (TPSA) is 67.2 Å². The molecular formula is C14H25N3O. The van der Waals surface area contributed by atoms with Gasteiger partial charge < -0.3 is 16.4 Å². The van der Waals surface area contributed by atoms with Gasteiger partial charge in [-0.15, -0.1) is 0 Å². The Balaban J connectivity index is 2.79. The monoisotopic (exact) mass is 251 g/mol. The SMILES string of the molecule is CN[C@@H]1CCC(C(/C=C\N)=C/C(C)C)CNC1=O. The van der Waals surface area contributed by atoms with Gasteiger partial charge in [0, 0.05) is 12.5 Å². The number of allylic oxidation sites excluding steroid dienone is 2. The molecule has 0 saturated carbocycles. The number of carbonyl (C=O) groups is 1. The third-order valence-electron chi connectivity index (χ3n) is 3.28. The molecule has 1 aliphatic heterocycles. The molecule has 0 spiro atoms. The summed E-state index contributed by atoms with van der Waals surface area (Å²) in [5, 5.41) is 6.04. The molecule has 102 valence electrons. The number of nitrogens with one attached hydrogen (secondary N) is 2. The van der Waals surface area contributed by atoms with E-state index in [-0.39, 0.29) is 11.9 Å². The lowest BCUT2D eigenvalue weighted by molar-refractivity contribution is -0.122. The summed E-state index contributed by atoms with van der Waals surface area (Å²) in [6, 6.07) is -0.0721. The van der Waals surface area contributed by atoms with Crippen LogP contribution in [0.3, 0.4) is 0 Å². The van der Waals surface area contributed by atoms with Crippen molar-refractivity contribution in [3.05, 3.63) is 23.9 Å². The standard InChI is InChI=1S/C14H25N3O/c1-10(2)8-11(6-7-15)12-4-5-13(16-3)14(18)17-9-12/h6-8,10,12-13,16H,4-5,9,15H2,1-3H3,(H,17,18)/b7-6-,11-8+/t12?,13-/m1/s1. The van der Waals surface area contributed by atoms with Crippen LogP contribution in [0.1, 0.15) is 26.7 Å². The molecule has 1 unspecified atom stereocenters. The molecule has 1 amide bonds. The first-order valence-electron chi connectivity index (χ1n) is 6.63. The molecule has 0 aliphatic carbocycles. The van der Waals surface area contributed by atoms with E-state index >= 15 is 0 Å². The van der Waals surface area contributed by atoms with Gasteiger partial charge in [-0.2, -0.15) is 0 Å². The first-order valence-corrected chi connectivity index (χ1v) is 6.63. The van der Waals surface area contributed by atoms with E-state index in [9.17, 15) is 4.79 Å². The molecule has 18 heavy (non-hydrogen) atoms. The van der Waals surface area contributed by atoms with Gasteiger partial charge in [0.15, 0.2) is 0 Å². The smallest absolute Gasteiger partial charge is 0.237 e. The third-order valence-corrected chi connectivity index (χ3v) is 3.28. The Morgan fingerprint density at radius 1 is 1.50 bits per heavy atom. The molecule has 2 atom stereocenters. The molecule has 4 nitrogen and oxygen atoms in total. The maximum absolute atomic E-state index is 11.8. The summed E-state index contributed by atoms with van der Waals surface area (Å²) in [6.45, 7) is 4.99. The van der Waals surface area contributed by atoms with E-state index in [1.54, 1.807) is 6.20 Å². The van der Waals surface area contributed by atoms with Crippen molar-refractivity contribution in [2.75, 3.05) is 13.6 Å². The zero-order valence-electron chi connectivity index (χ0n) is 11.6. The van der Waals surface area contributed by atoms with Crippen LogP contribution in [-0.2, 0) is 4.79 Å². The fourth-order valence-electron chi connectivity index (χ4n) is 2.33. The highest BCUT2D eigenvalue weighted by Gasteiger charge is 2.24. The highest BCUT2D eigenvalue weighted by molar-refractivity contribution is 5.82. The minimum absolute atomic E-state index is 0.0721. The largest absolute Gasteiger partial charge is 0.405 e. The van der Waals surface area contributed by atoms with Crippen LogP contribution in [0.2, 0.25) is 0 Å². The van der Waals surface area contributed by atoms with Crippen molar-refractivity contribution in [1.29, 1.82) is 0 Å². The van der Waals surface area contributed by atoms with Gasteiger partial charge in [0.1, 0.15) is 0 Å². The van der Waals surface area contributed by atoms with Crippen molar-refractivity contribution in [3.63, 3.8) is 0 Å². The van der Waals surface area contributed by atoms with Crippen molar-refractivity contribution in [2.24, 2.45) is 17.6 Å². The minimum atomic E-state index is -0.0721. The Morgan fingerprint density at radius 2 is 2.22 bits per heavy atom. The molecule has 1 aliphatic rings. The van der Waals surface area contributed by atoms with Crippen LogP contribution in [0.5, 0.6) is 0 Å². The molecule has 1 saturated heterocycles. The van der Waals surface area contributed by atoms with Crippen LogP contribution in [0, 0.1) is 11.8 Å². The van der Waals surface area contributed by atoms with Crippen LogP contribution >= 0.6 is 0 Å². The maximum Gasteiger partial charge on any atom is 0.237 e. The van der Waals surface area contributed by atoms with E-state index in [0.29, 0.717) is 18.4 Å². The number of nitrogens with two attached hydrogens (primary N) is 1. The van der Waals surface area contributed by atoms with Crippen molar-refractivity contribution >= 4 is 5.91 Å². The highest BCUT2D eigenvalue weighted by atomic mass is 16.2. The number of hydrogen-bond acceptors (Lipinski definition) is 3. The number of likely N-dealkylation sites (N-methyl/N-ethyl adjacent to an activating group) is 1. The molecule has 4 N–H and O–H groups in total. The van der Waals surface area contributed by atoms with Crippen LogP contribution in [-0.4, -0.2) is 25.5 Å². The highest BCUT2D eigenvalue weighted by Crippen LogP contribution is 2.22. The van der Waals surface area contributed by atoms with Gasteiger partial charge in [-0.3, -0.25) is 4.79 Å². The van der Waals surface area contributed by atoms with Crippen molar-refractivity contribution < 1.29 is 4.79 Å². The Hall–Kier alpha value is -1.29. The molecule has 0 aromatic heterocycles. The lowest BCUT2D eigenvalue weighted by atomic mass is 9.91. The normalized spacial score (nSPS) is 26.4. The van der Waals surface area contributed by atoms with E-state index in [4.69, 9.17) is 5.73 Å². The maximum atomic E-state index is 11.8. The van der Waals surface area contributed by atoms with Gasteiger partial charge in [0.05, 0.1) is 6.04 Å². The predicted octanol–water partition coefficient (Wildman–Crippen LogP) is 1.16. The second kappa shape index (κ2) is 7.21. The van der Waals surface area contributed by atoms with E-state index in [2.05, 4.69) is 30.6 Å². The lowest BCUT2D eigenvalue weighted by Gasteiger charge is -2.16. The number of hydrogen-bond donors (Lipinski definition) is 3. The lowest BCUT2D eigenvalue weighted by Crippen LogP contribution is -2.41. The number of amides is 1. The first-order chi connectivity index (χ1) is 8.58. The van der Waals surface area contributed by atoms with Gasteiger partial charge in [-0.1, -0.05) is 19.9 Å². The van der Waals surface area contributed by atoms with Crippen molar-refractivity contribution in [3.8, 4) is 0 Å². The van der Waals surface area contributed by atoms with Gasteiger partial charge in [-0.25, -0.2) is 0 Å². The molecule has 1 rings (SSSR count). The Bertz CT molecular complexity index is 334. The van der Waals surface area contributed by atoms with E-state index in [0.717, 1.165) is 12.8 Å². The summed E-state index contributed by atoms with van der Waals surface area (Å²) < 4.78 is 0. The second-order valence-corrected chi connectivity index (χ2v) is 5.13. The molecule has 0 aromatic carbocycles. The Morgan fingerprint density at radius 3 is 2.78 bits per heavy atom. The number of rotatable bonds is 4. The van der Waals surface area contributed by atoms with Gasteiger partial charge in [0.2, 0.25) is 5.91 Å². The fraction of sp³-hybridized carbons (Fsp3) is 0.643. The van der Waals surface area contributed by atoms with Gasteiger partial charge in [-0.05, 0) is 43.7 Å². The molecule has 0 aromatic rings. The third kappa shape index (κ3) is 4.18. The molecule has 1 fully saturated rings. The average molecular weight is 251 g/mol. The molecule has 4 heteroatoms. The van der Waals surface area contributed by atoms with Gasteiger partial charge in [0.25, 0.3) is 0 Å². The summed E-state index contributed by atoms with van der Waals surface area (Å²) in [6.07, 6.45) is 7.61. The predicted molar refractivity (Wildman–Crippen MR) is 74.8 cm³/mol. The zero-order chi connectivity index (χ0) is 13.5. The van der Waals surface area contributed by atoms with Crippen LogP contribution < -0.4 is 16.4 Å².